The predicted molar refractivity (Wildman–Crippen MR) is 55.4 cm³/mol. The average molecular weight is 161 g/mol. The SMILES string of the molecule is C=Cc1ccc(C)cc1NCC. The van der Waals surface area contributed by atoms with Crippen molar-refractivity contribution in [2.24, 2.45) is 0 Å². The van der Waals surface area contributed by atoms with Gasteiger partial charge in [0.2, 0.25) is 0 Å². The highest BCUT2D eigenvalue weighted by molar-refractivity contribution is 5.66. The summed E-state index contributed by atoms with van der Waals surface area (Å²) < 4.78 is 0. The van der Waals surface area contributed by atoms with E-state index in [1.807, 2.05) is 6.08 Å². The van der Waals surface area contributed by atoms with Crippen LogP contribution in [0.15, 0.2) is 24.8 Å². The summed E-state index contributed by atoms with van der Waals surface area (Å²) in [5.41, 5.74) is 3.62. The van der Waals surface area contributed by atoms with Crippen LogP contribution < -0.4 is 5.32 Å². The summed E-state index contributed by atoms with van der Waals surface area (Å²) in [6.45, 7) is 8.90. The van der Waals surface area contributed by atoms with Crippen LogP contribution in [0.4, 0.5) is 5.69 Å². The minimum Gasteiger partial charge on any atom is -0.385 e. The maximum Gasteiger partial charge on any atom is 0.0416 e. The smallest absolute Gasteiger partial charge is 0.0416 e. The monoisotopic (exact) mass is 161 g/mol. The van der Waals surface area contributed by atoms with Crippen molar-refractivity contribution < 1.29 is 0 Å². The van der Waals surface area contributed by atoms with Gasteiger partial charge in [-0.1, -0.05) is 24.8 Å². The highest BCUT2D eigenvalue weighted by atomic mass is 14.9. The molecular formula is C11H15N. The first-order valence-electron chi connectivity index (χ1n) is 4.25. The van der Waals surface area contributed by atoms with Gasteiger partial charge in [-0.2, -0.15) is 0 Å². The minimum absolute atomic E-state index is 0.949. The van der Waals surface area contributed by atoms with Crippen LogP contribution >= 0.6 is 0 Å². The Kier molecular flexibility index (Phi) is 2.92. The molecule has 0 fully saturated rings. The second kappa shape index (κ2) is 3.96. The fourth-order valence-corrected chi connectivity index (χ4v) is 1.19. The number of rotatable bonds is 3. The molecule has 12 heavy (non-hydrogen) atoms. The second-order valence-electron chi connectivity index (χ2n) is 2.83. The van der Waals surface area contributed by atoms with E-state index in [9.17, 15) is 0 Å². The molecule has 1 aromatic rings. The average Bonchev–Trinajstić information content (AvgIpc) is 2.05. The van der Waals surface area contributed by atoms with E-state index in [1.54, 1.807) is 0 Å². The third kappa shape index (κ3) is 1.88. The summed E-state index contributed by atoms with van der Waals surface area (Å²) in [4.78, 5) is 0. The van der Waals surface area contributed by atoms with E-state index >= 15 is 0 Å². The van der Waals surface area contributed by atoms with Crippen molar-refractivity contribution in [1.82, 2.24) is 0 Å². The van der Waals surface area contributed by atoms with Gasteiger partial charge in [-0.3, -0.25) is 0 Å². The fourth-order valence-electron chi connectivity index (χ4n) is 1.19. The van der Waals surface area contributed by atoms with Gasteiger partial charge < -0.3 is 5.32 Å². The Labute approximate surface area is 74.1 Å². The van der Waals surface area contributed by atoms with Gasteiger partial charge in [0.1, 0.15) is 0 Å². The fraction of sp³-hybridized carbons (Fsp3) is 0.273. The number of hydrogen-bond acceptors (Lipinski definition) is 1. The van der Waals surface area contributed by atoms with Gasteiger partial charge in [0, 0.05) is 12.2 Å². The van der Waals surface area contributed by atoms with E-state index < -0.39 is 0 Å². The molecule has 1 rings (SSSR count). The van der Waals surface area contributed by atoms with Gasteiger partial charge in [0.05, 0.1) is 0 Å². The molecule has 0 heterocycles. The summed E-state index contributed by atoms with van der Waals surface area (Å²) in [6, 6.07) is 6.32. The third-order valence-corrected chi connectivity index (χ3v) is 1.80. The first kappa shape index (κ1) is 8.85. The van der Waals surface area contributed by atoms with Crippen LogP contribution in [0.3, 0.4) is 0 Å². The molecule has 64 valence electrons. The molecule has 0 aliphatic heterocycles. The molecule has 0 unspecified atom stereocenters. The van der Waals surface area contributed by atoms with Crippen LogP contribution in [0, 0.1) is 6.92 Å². The maximum absolute atomic E-state index is 3.76. The molecule has 0 radical (unpaired) electrons. The molecule has 0 atom stereocenters. The lowest BCUT2D eigenvalue weighted by molar-refractivity contribution is 1.21. The van der Waals surface area contributed by atoms with Crippen LogP contribution in [0.5, 0.6) is 0 Å². The summed E-state index contributed by atoms with van der Waals surface area (Å²) in [6.07, 6.45) is 1.87. The molecule has 0 saturated carbocycles. The van der Waals surface area contributed by atoms with Crippen LogP contribution in [0.25, 0.3) is 6.08 Å². The predicted octanol–water partition coefficient (Wildman–Crippen LogP) is 3.07. The standard InChI is InChI=1S/C11H15N/c1-4-10-7-6-9(3)8-11(10)12-5-2/h4,6-8,12H,1,5H2,2-3H3. The zero-order valence-electron chi connectivity index (χ0n) is 7.72. The molecule has 1 aromatic carbocycles. The van der Waals surface area contributed by atoms with Crippen molar-refractivity contribution in [3.8, 4) is 0 Å². The summed E-state index contributed by atoms with van der Waals surface area (Å²) in [7, 11) is 0. The number of benzene rings is 1. The lowest BCUT2D eigenvalue weighted by Gasteiger charge is -2.07. The van der Waals surface area contributed by atoms with Gasteiger partial charge in [-0.05, 0) is 31.0 Å². The molecule has 0 aliphatic rings. The number of hydrogen-bond donors (Lipinski definition) is 1. The topological polar surface area (TPSA) is 12.0 Å². The van der Waals surface area contributed by atoms with Crippen molar-refractivity contribution in [2.75, 3.05) is 11.9 Å². The normalized spacial score (nSPS) is 9.50. The largest absolute Gasteiger partial charge is 0.385 e. The van der Waals surface area contributed by atoms with Gasteiger partial charge in [0.25, 0.3) is 0 Å². The lowest BCUT2D eigenvalue weighted by Crippen LogP contribution is -1.98. The Morgan fingerprint density at radius 1 is 1.50 bits per heavy atom. The van der Waals surface area contributed by atoms with Gasteiger partial charge in [-0.25, -0.2) is 0 Å². The van der Waals surface area contributed by atoms with Crippen LogP contribution in [0.2, 0.25) is 0 Å². The van der Waals surface area contributed by atoms with Crippen molar-refractivity contribution in [2.45, 2.75) is 13.8 Å². The summed E-state index contributed by atoms with van der Waals surface area (Å²) >= 11 is 0. The molecular weight excluding hydrogens is 146 g/mol. The Balaban J connectivity index is 3.03. The highest BCUT2D eigenvalue weighted by Crippen LogP contribution is 2.17. The van der Waals surface area contributed by atoms with Crippen molar-refractivity contribution in [1.29, 1.82) is 0 Å². The molecule has 0 aromatic heterocycles. The molecule has 0 spiro atoms. The molecule has 0 aliphatic carbocycles. The Hall–Kier alpha value is -1.24. The zero-order chi connectivity index (χ0) is 8.97. The highest BCUT2D eigenvalue weighted by Gasteiger charge is 1.96. The van der Waals surface area contributed by atoms with Crippen LogP contribution in [0.1, 0.15) is 18.1 Å². The van der Waals surface area contributed by atoms with Crippen molar-refractivity contribution in [3.05, 3.63) is 35.9 Å². The molecule has 1 heteroatoms. The van der Waals surface area contributed by atoms with Crippen molar-refractivity contribution in [3.63, 3.8) is 0 Å². The Morgan fingerprint density at radius 2 is 2.25 bits per heavy atom. The van der Waals surface area contributed by atoms with E-state index in [2.05, 4.69) is 43.9 Å². The van der Waals surface area contributed by atoms with E-state index in [0.717, 1.165) is 6.54 Å². The van der Waals surface area contributed by atoms with E-state index in [1.165, 1.54) is 16.8 Å². The Bertz CT molecular complexity index is 276. The molecule has 0 amide bonds. The maximum atomic E-state index is 3.76. The third-order valence-electron chi connectivity index (χ3n) is 1.80. The minimum atomic E-state index is 0.949. The molecule has 1 nitrogen and oxygen atoms in total. The number of nitrogens with one attached hydrogen (secondary N) is 1. The first-order valence-corrected chi connectivity index (χ1v) is 4.25. The van der Waals surface area contributed by atoms with Gasteiger partial charge >= 0.3 is 0 Å². The van der Waals surface area contributed by atoms with Crippen LogP contribution in [-0.4, -0.2) is 6.54 Å². The zero-order valence-corrected chi connectivity index (χ0v) is 7.72. The molecule has 0 bridgehead atoms. The second-order valence-corrected chi connectivity index (χ2v) is 2.83. The van der Waals surface area contributed by atoms with E-state index in [4.69, 9.17) is 0 Å². The number of anilines is 1. The number of aryl methyl sites for hydroxylation is 1. The Morgan fingerprint density at radius 3 is 2.83 bits per heavy atom. The first-order chi connectivity index (χ1) is 5.77. The van der Waals surface area contributed by atoms with E-state index in [0.29, 0.717) is 0 Å². The lowest BCUT2D eigenvalue weighted by atomic mass is 10.1. The quantitative estimate of drug-likeness (QED) is 0.718. The molecule has 0 saturated heterocycles. The van der Waals surface area contributed by atoms with E-state index in [-0.39, 0.29) is 0 Å². The summed E-state index contributed by atoms with van der Waals surface area (Å²) in [5, 5.41) is 3.30. The summed E-state index contributed by atoms with van der Waals surface area (Å²) in [5.74, 6) is 0. The van der Waals surface area contributed by atoms with Crippen LogP contribution in [-0.2, 0) is 0 Å². The molecule has 1 N–H and O–H groups in total. The van der Waals surface area contributed by atoms with Gasteiger partial charge in [0.15, 0.2) is 0 Å². The van der Waals surface area contributed by atoms with Crippen molar-refractivity contribution >= 4 is 11.8 Å². The van der Waals surface area contributed by atoms with Gasteiger partial charge in [-0.15, -0.1) is 0 Å².